The quantitative estimate of drug-likeness (QED) is 0.755. The van der Waals surface area contributed by atoms with Crippen molar-refractivity contribution < 1.29 is 14.3 Å². The van der Waals surface area contributed by atoms with Crippen LogP contribution in [-0.2, 0) is 27.3 Å². The van der Waals surface area contributed by atoms with Crippen LogP contribution in [0.4, 0.5) is 0 Å². The van der Waals surface area contributed by atoms with Gasteiger partial charge in [-0.25, -0.2) is 4.98 Å². The van der Waals surface area contributed by atoms with Crippen molar-refractivity contribution >= 4 is 23.2 Å². The van der Waals surface area contributed by atoms with E-state index >= 15 is 0 Å². The monoisotopic (exact) mass is 394 g/mol. The molecule has 1 aromatic heterocycles. The van der Waals surface area contributed by atoms with Crippen LogP contribution in [-0.4, -0.2) is 61.1 Å². The zero-order chi connectivity index (χ0) is 19.2. The Balaban J connectivity index is 1.51. The summed E-state index contributed by atoms with van der Waals surface area (Å²) in [5.41, 5.74) is 1.01. The molecule has 8 heteroatoms. The number of thiazole rings is 1. The van der Waals surface area contributed by atoms with Crippen LogP contribution >= 0.6 is 11.3 Å². The van der Waals surface area contributed by atoms with E-state index in [0.29, 0.717) is 52.4 Å². The Labute approximate surface area is 164 Å². The number of rotatable bonds is 6. The normalized spacial score (nSPS) is 23.3. The highest BCUT2D eigenvalue weighted by molar-refractivity contribution is 7.11. The van der Waals surface area contributed by atoms with E-state index in [2.05, 4.69) is 22.5 Å². The number of hydrogen-bond acceptors (Lipinski definition) is 6. The molecule has 7 nitrogen and oxygen atoms in total. The lowest BCUT2D eigenvalue weighted by Gasteiger charge is -2.34. The van der Waals surface area contributed by atoms with Crippen molar-refractivity contribution in [2.75, 3.05) is 39.4 Å². The molecule has 2 aliphatic rings. The fraction of sp³-hybridized carbons (Fsp3) is 0.737. The lowest BCUT2D eigenvalue weighted by molar-refractivity contribution is -0.141. The summed E-state index contributed by atoms with van der Waals surface area (Å²) in [7, 11) is 0. The number of aromatic nitrogens is 1. The standard InChI is InChI=1S/C19H30N4O3S/c1-3-4-17-22-13(2)16(27-17)12-21-18(24)14-9-15(11-20-10-14)19(25)23-5-7-26-8-6-23/h14-15,20H,3-12H2,1-2H3,(H,21,24). The highest BCUT2D eigenvalue weighted by atomic mass is 32.1. The Morgan fingerprint density at radius 2 is 2.04 bits per heavy atom. The summed E-state index contributed by atoms with van der Waals surface area (Å²) < 4.78 is 5.32. The number of nitrogens with one attached hydrogen (secondary N) is 2. The van der Waals surface area contributed by atoms with Crippen molar-refractivity contribution in [3.05, 3.63) is 15.6 Å². The van der Waals surface area contributed by atoms with Gasteiger partial charge in [0.15, 0.2) is 0 Å². The average Bonchev–Trinajstić information content (AvgIpc) is 3.05. The van der Waals surface area contributed by atoms with Gasteiger partial charge < -0.3 is 20.3 Å². The minimum Gasteiger partial charge on any atom is -0.378 e. The van der Waals surface area contributed by atoms with Gasteiger partial charge in [0, 0.05) is 31.1 Å². The summed E-state index contributed by atoms with van der Waals surface area (Å²) in [6, 6.07) is 0. The number of nitrogens with zero attached hydrogens (tertiary/aromatic N) is 2. The number of carbonyl (C=O) groups is 2. The van der Waals surface area contributed by atoms with Gasteiger partial charge in [0.05, 0.1) is 42.3 Å². The van der Waals surface area contributed by atoms with Crippen LogP contribution in [0.2, 0.25) is 0 Å². The first-order valence-electron chi connectivity index (χ1n) is 9.88. The van der Waals surface area contributed by atoms with Crippen LogP contribution in [0.5, 0.6) is 0 Å². The van der Waals surface area contributed by atoms with Gasteiger partial charge in [0.25, 0.3) is 0 Å². The first-order chi connectivity index (χ1) is 13.1. The molecule has 150 valence electrons. The second kappa shape index (κ2) is 9.61. The first-order valence-corrected chi connectivity index (χ1v) is 10.7. The molecule has 0 aliphatic carbocycles. The maximum atomic E-state index is 12.7. The third kappa shape index (κ3) is 5.27. The smallest absolute Gasteiger partial charge is 0.227 e. The molecule has 3 heterocycles. The van der Waals surface area contributed by atoms with Crippen LogP contribution in [0.1, 0.15) is 35.3 Å². The minimum atomic E-state index is -0.169. The van der Waals surface area contributed by atoms with Crippen molar-refractivity contribution in [3.63, 3.8) is 0 Å². The van der Waals surface area contributed by atoms with Gasteiger partial charge in [0.2, 0.25) is 11.8 Å². The SMILES string of the molecule is CCCc1nc(C)c(CNC(=O)C2CNCC(C(=O)N3CCOCC3)C2)s1. The third-order valence-electron chi connectivity index (χ3n) is 5.22. The van der Waals surface area contributed by atoms with Gasteiger partial charge >= 0.3 is 0 Å². The molecule has 2 fully saturated rings. The Morgan fingerprint density at radius 1 is 1.30 bits per heavy atom. The average molecular weight is 395 g/mol. The molecular weight excluding hydrogens is 364 g/mol. The molecule has 3 rings (SSSR count). The lowest BCUT2D eigenvalue weighted by atomic mass is 9.88. The van der Waals surface area contributed by atoms with E-state index in [-0.39, 0.29) is 23.7 Å². The molecule has 2 unspecified atom stereocenters. The van der Waals surface area contributed by atoms with Crippen molar-refractivity contribution in [2.24, 2.45) is 11.8 Å². The molecule has 2 amide bonds. The van der Waals surface area contributed by atoms with Crippen molar-refractivity contribution in [3.8, 4) is 0 Å². The summed E-state index contributed by atoms with van der Waals surface area (Å²) in [5, 5.41) is 7.45. The second-order valence-electron chi connectivity index (χ2n) is 7.31. The third-order valence-corrected chi connectivity index (χ3v) is 6.43. The number of morpholine rings is 1. The largest absolute Gasteiger partial charge is 0.378 e. The maximum absolute atomic E-state index is 12.7. The topological polar surface area (TPSA) is 83.6 Å². The van der Waals surface area contributed by atoms with E-state index in [1.165, 1.54) is 0 Å². The van der Waals surface area contributed by atoms with Crippen LogP contribution in [0.3, 0.4) is 0 Å². The van der Waals surface area contributed by atoms with Crippen LogP contribution in [0.15, 0.2) is 0 Å². The molecule has 2 atom stereocenters. The second-order valence-corrected chi connectivity index (χ2v) is 8.48. The van der Waals surface area contributed by atoms with E-state index in [9.17, 15) is 9.59 Å². The zero-order valence-corrected chi connectivity index (χ0v) is 17.1. The van der Waals surface area contributed by atoms with Crippen LogP contribution in [0, 0.1) is 18.8 Å². The fourth-order valence-corrected chi connectivity index (χ4v) is 4.77. The maximum Gasteiger partial charge on any atom is 0.227 e. The number of carbonyl (C=O) groups excluding carboxylic acids is 2. The highest BCUT2D eigenvalue weighted by Crippen LogP contribution is 2.22. The molecule has 0 bridgehead atoms. The number of hydrogen-bond donors (Lipinski definition) is 2. The van der Waals surface area contributed by atoms with E-state index < -0.39 is 0 Å². The summed E-state index contributed by atoms with van der Waals surface area (Å²) >= 11 is 1.68. The van der Waals surface area contributed by atoms with Gasteiger partial charge in [-0.3, -0.25) is 9.59 Å². The van der Waals surface area contributed by atoms with Gasteiger partial charge in [-0.15, -0.1) is 11.3 Å². The van der Waals surface area contributed by atoms with E-state index in [0.717, 1.165) is 28.4 Å². The molecule has 0 saturated carbocycles. The molecule has 0 radical (unpaired) electrons. The van der Waals surface area contributed by atoms with Gasteiger partial charge in [-0.2, -0.15) is 0 Å². The molecule has 2 N–H and O–H groups in total. The Hall–Kier alpha value is -1.51. The number of amides is 2. The van der Waals surface area contributed by atoms with Crippen molar-refractivity contribution in [2.45, 2.75) is 39.7 Å². The summed E-state index contributed by atoms with van der Waals surface area (Å²) in [4.78, 5) is 32.9. The van der Waals surface area contributed by atoms with Crippen molar-refractivity contribution in [1.29, 1.82) is 0 Å². The van der Waals surface area contributed by atoms with E-state index in [4.69, 9.17) is 4.74 Å². The highest BCUT2D eigenvalue weighted by Gasteiger charge is 2.33. The van der Waals surface area contributed by atoms with Crippen LogP contribution in [0.25, 0.3) is 0 Å². The predicted molar refractivity (Wildman–Crippen MR) is 105 cm³/mol. The lowest BCUT2D eigenvalue weighted by Crippen LogP contribution is -2.51. The first kappa shape index (κ1) is 20.2. The van der Waals surface area contributed by atoms with Gasteiger partial charge in [-0.1, -0.05) is 6.92 Å². The Kier molecular flexibility index (Phi) is 7.20. The molecular formula is C19H30N4O3S. The number of piperidine rings is 1. The van der Waals surface area contributed by atoms with Crippen LogP contribution < -0.4 is 10.6 Å². The van der Waals surface area contributed by atoms with E-state index in [1.54, 1.807) is 11.3 Å². The number of aryl methyl sites for hydroxylation is 2. The van der Waals surface area contributed by atoms with Gasteiger partial charge in [-0.05, 0) is 26.2 Å². The molecule has 2 aliphatic heterocycles. The Bertz CT molecular complexity index is 657. The molecule has 0 aromatic carbocycles. The zero-order valence-electron chi connectivity index (χ0n) is 16.3. The number of ether oxygens (including phenoxy) is 1. The molecule has 2 saturated heterocycles. The fourth-order valence-electron chi connectivity index (χ4n) is 3.66. The van der Waals surface area contributed by atoms with Crippen molar-refractivity contribution in [1.82, 2.24) is 20.5 Å². The molecule has 1 aromatic rings. The molecule has 27 heavy (non-hydrogen) atoms. The van der Waals surface area contributed by atoms with E-state index in [1.807, 2.05) is 11.8 Å². The summed E-state index contributed by atoms with van der Waals surface area (Å²) in [6.07, 6.45) is 2.67. The molecule has 0 spiro atoms. The predicted octanol–water partition coefficient (Wildman–Crippen LogP) is 1.10. The minimum absolute atomic E-state index is 0.0202. The van der Waals surface area contributed by atoms with Gasteiger partial charge in [0.1, 0.15) is 0 Å². The summed E-state index contributed by atoms with van der Waals surface area (Å²) in [6.45, 7) is 8.43. The summed E-state index contributed by atoms with van der Waals surface area (Å²) in [5.74, 6) is -0.136. The Morgan fingerprint density at radius 3 is 2.78 bits per heavy atom.